The summed E-state index contributed by atoms with van der Waals surface area (Å²) in [4.78, 5) is 0. The highest BCUT2D eigenvalue weighted by Gasteiger charge is 2.33. The second-order valence-electron chi connectivity index (χ2n) is 12.9. The van der Waals surface area contributed by atoms with Crippen LogP contribution < -0.4 is 0 Å². The van der Waals surface area contributed by atoms with E-state index >= 15 is 0 Å². The van der Waals surface area contributed by atoms with Crippen molar-refractivity contribution >= 4 is 55.4 Å². The van der Waals surface area contributed by atoms with E-state index in [1.165, 1.54) is 0 Å². The molecule has 0 amide bonds. The second-order valence-corrected chi connectivity index (χ2v) is 16.7. The van der Waals surface area contributed by atoms with Crippen LogP contribution in [-0.4, -0.2) is 52.4 Å². The van der Waals surface area contributed by atoms with Crippen LogP contribution in [0.15, 0.2) is 33.2 Å². The van der Waals surface area contributed by atoms with Crippen LogP contribution in [0.3, 0.4) is 0 Å². The van der Waals surface area contributed by atoms with Crippen molar-refractivity contribution in [1.29, 1.82) is 0 Å². The number of hydrogen-bond acceptors (Lipinski definition) is 10. The average molecular weight is 835 g/mol. The molecule has 12 heteroatoms. The van der Waals surface area contributed by atoms with Gasteiger partial charge in [-0.3, -0.25) is 0 Å². The van der Waals surface area contributed by atoms with Crippen LogP contribution in [0.1, 0.15) is 113 Å². The highest BCUT2D eigenvalue weighted by Crippen LogP contribution is 2.55. The number of benzene rings is 4. The standard InChI is InChI=1S/C37H38Br2O8S2/c1-14-18-8-19-15(2)24-11-25(37(47)29(39)36(24)46)17(4)21-9-20(16(3)23-10-22(14)34(44)28(38)35(23)45)32(42)27(33(21)43)13-49-7-5-6-48-12-26(30(18)40)31(19)41/h8-11,14-17,40-47H,5-7,12-13H2,1-4H3. The predicted octanol–water partition coefficient (Wildman–Crippen LogP) is 9.65. The van der Waals surface area contributed by atoms with Gasteiger partial charge < -0.3 is 40.9 Å². The molecule has 4 unspecified atom stereocenters. The van der Waals surface area contributed by atoms with E-state index in [1.807, 2.05) is 27.7 Å². The number of fused-ring (bicyclic) bond motifs is 6. The van der Waals surface area contributed by atoms with E-state index in [9.17, 15) is 40.9 Å². The van der Waals surface area contributed by atoms with Crippen molar-refractivity contribution in [3.8, 4) is 46.0 Å². The third kappa shape index (κ3) is 5.86. The zero-order chi connectivity index (χ0) is 35.6. The molecular formula is C37H38Br2O8S2. The molecule has 0 saturated heterocycles. The van der Waals surface area contributed by atoms with E-state index in [4.69, 9.17) is 0 Å². The van der Waals surface area contributed by atoms with Crippen molar-refractivity contribution in [1.82, 2.24) is 0 Å². The number of hydrogen-bond donors (Lipinski definition) is 8. The lowest BCUT2D eigenvalue weighted by Crippen LogP contribution is -2.09. The molecule has 7 rings (SSSR count). The Morgan fingerprint density at radius 1 is 0.429 bits per heavy atom. The zero-order valence-electron chi connectivity index (χ0n) is 27.3. The van der Waals surface area contributed by atoms with Crippen LogP contribution in [0.2, 0.25) is 0 Å². The first kappa shape index (κ1) is 35.8. The Balaban J connectivity index is 1.81. The van der Waals surface area contributed by atoms with Crippen LogP contribution in [0, 0.1) is 0 Å². The molecular weight excluding hydrogens is 796 g/mol. The predicted molar refractivity (Wildman–Crippen MR) is 201 cm³/mol. The van der Waals surface area contributed by atoms with E-state index in [1.54, 1.807) is 47.8 Å². The normalized spacial score (nSPS) is 20.9. The van der Waals surface area contributed by atoms with Gasteiger partial charge in [0, 0.05) is 90.8 Å². The lowest BCUT2D eigenvalue weighted by molar-refractivity contribution is 0.422. The van der Waals surface area contributed by atoms with Gasteiger partial charge >= 0.3 is 0 Å². The molecule has 0 aromatic heterocycles. The maximum absolute atomic E-state index is 11.8. The van der Waals surface area contributed by atoms with Crippen molar-refractivity contribution < 1.29 is 40.9 Å². The van der Waals surface area contributed by atoms with E-state index in [-0.39, 0.29) is 66.4 Å². The van der Waals surface area contributed by atoms with Gasteiger partial charge in [0.15, 0.2) is 0 Å². The summed E-state index contributed by atoms with van der Waals surface area (Å²) in [7, 11) is 0. The summed E-state index contributed by atoms with van der Waals surface area (Å²) in [6, 6.07) is 6.66. The lowest BCUT2D eigenvalue weighted by atomic mass is 9.79. The average Bonchev–Trinajstić information content (AvgIpc) is 3.07. The van der Waals surface area contributed by atoms with Crippen LogP contribution in [0.5, 0.6) is 46.0 Å². The molecule has 2 heterocycles. The third-order valence-corrected chi connectivity index (χ3v) is 13.9. The maximum atomic E-state index is 11.8. The van der Waals surface area contributed by atoms with Crippen molar-refractivity contribution in [2.45, 2.75) is 69.3 Å². The third-order valence-electron chi connectivity index (χ3n) is 10.2. The number of phenolic OH excluding ortho intramolecular Hbond substituents is 8. The first-order valence-corrected chi connectivity index (χ1v) is 19.9. The summed E-state index contributed by atoms with van der Waals surface area (Å²) in [6.07, 6.45) is 0.789. The minimum absolute atomic E-state index is 0.0502. The Bertz CT molecular complexity index is 1740. The van der Waals surface area contributed by atoms with Gasteiger partial charge in [-0.05, 0) is 74.1 Å². The van der Waals surface area contributed by atoms with Gasteiger partial charge in [0.25, 0.3) is 0 Å². The molecule has 2 aliphatic heterocycles. The highest BCUT2D eigenvalue weighted by atomic mass is 79.9. The Labute approximate surface area is 310 Å². The number of thioether (sulfide) groups is 2. The monoisotopic (exact) mass is 832 g/mol. The Morgan fingerprint density at radius 2 is 0.653 bits per heavy atom. The summed E-state index contributed by atoms with van der Waals surface area (Å²) in [5.41, 5.74) is 3.91. The molecule has 8 nitrogen and oxygen atoms in total. The fourth-order valence-electron chi connectivity index (χ4n) is 7.07. The van der Waals surface area contributed by atoms with Gasteiger partial charge in [-0.1, -0.05) is 27.7 Å². The SMILES string of the molecule is CC1c2cc(c(O)c(Br)c2O)C(C)c2cc3c(O)c(c2O)CSCCCSCc2c(O)c1cc(c2O)C(C)c1cc(c(O)c(Br)c1O)C3C. The van der Waals surface area contributed by atoms with E-state index < -0.39 is 23.7 Å². The van der Waals surface area contributed by atoms with Crippen molar-refractivity contribution in [3.63, 3.8) is 0 Å². The molecule has 3 aliphatic rings. The Kier molecular flexibility index (Phi) is 9.91. The molecule has 4 aromatic rings. The van der Waals surface area contributed by atoms with E-state index in [2.05, 4.69) is 31.9 Å². The Hall–Kier alpha value is -3.06. The summed E-state index contributed by atoms with van der Waals surface area (Å²) in [5.74, 6) is -1.94. The fraction of sp³-hybridized carbons (Fsp3) is 0.351. The number of halogens is 2. The lowest BCUT2D eigenvalue weighted by Gasteiger charge is -2.28. The fourth-order valence-corrected chi connectivity index (χ4v) is 10.1. The molecule has 1 aliphatic carbocycles. The first-order chi connectivity index (χ1) is 23.2. The van der Waals surface area contributed by atoms with Crippen molar-refractivity contribution in [2.75, 3.05) is 11.5 Å². The first-order valence-electron chi connectivity index (χ1n) is 16.0. The van der Waals surface area contributed by atoms with Gasteiger partial charge in [0.2, 0.25) is 0 Å². The molecule has 0 radical (unpaired) electrons. The Morgan fingerprint density at radius 3 is 0.898 bits per heavy atom. The second kappa shape index (κ2) is 13.6. The molecule has 4 aromatic carbocycles. The number of rotatable bonds is 0. The molecule has 0 spiro atoms. The van der Waals surface area contributed by atoms with Crippen molar-refractivity contribution in [2.24, 2.45) is 0 Å². The molecule has 10 bridgehead atoms. The van der Waals surface area contributed by atoms with Crippen LogP contribution in [0.25, 0.3) is 0 Å². The van der Waals surface area contributed by atoms with Gasteiger partial charge in [0.1, 0.15) is 54.9 Å². The summed E-state index contributed by atoms with van der Waals surface area (Å²) >= 11 is 9.84. The van der Waals surface area contributed by atoms with E-state index in [0.29, 0.717) is 55.6 Å². The summed E-state index contributed by atoms with van der Waals surface area (Å²) < 4.78 is 0.100. The largest absolute Gasteiger partial charge is 0.507 e. The highest BCUT2D eigenvalue weighted by molar-refractivity contribution is 9.11. The van der Waals surface area contributed by atoms with Crippen LogP contribution >= 0.6 is 55.4 Å². The van der Waals surface area contributed by atoms with Gasteiger partial charge in [-0.25, -0.2) is 0 Å². The molecule has 8 N–H and O–H groups in total. The van der Waals surface area contributed by atoms with Gasteiger partial charge in [0.05, 0.1) is 0 Å². The maximum Gasteiger partial charge on any atom is 0.137 e. The molecule has 0 saturated carbocycles. The quantitative estimate of drug-likeness (QED) is 0.0857. The topological polar surface area (TPSA) is 162 Å². The number of aromatic hydroxyl groups is 8. The van der Waals surface area contributed by atoms with E-state index in [0.717, 1.165) is 17.9 Å². The minimum atomic E-state index is -0.656. The van der Waals surface area contributed by atoms with Gasteiger partial charge in [-0.15, -0.1) is 0 Å². The molecule has 260 valence electrons. The zero-order valence-corrected chi connectivity index (χ0v) is 32.1. The number of phenols is 8. The smallest absolute Gasteiger partial charge is 0.137 e. The van der Waals surface area contributed by atoms with Gasteiger partial charge in [-0.2, -0.15) is 23.5 Å². The van der Waals surface area contributed by atoms with Crippen LogP contribution in [-0.2, 0) is 11.5 Å². The summed E-state index contributed by atoms with van der Waals surface area (Å²) in [6.45, 7) is 7.25. The summed E-state index contributed by atoms with van der Waals surface area (Å²) in [5, 5.41) is 92.7. The minimum Gasteiger partial charge on any atom is -0.507 e. The molecule has 4 atom stereocenters. The molecule has 0 fully saturated rings. The molecule has 49 heavy (non-hydrogen) atoms. The van der Waals surface area contributed by atoms with Crippen LogP contribution in [0.4, 0.5) is 0 Å². The van der Waals surface area contributed by atoms with Crippen molar-refractivity contribution in [3.05, 3.63) is 88.8 Å².